The van der Waals surface area contributed by atoms with Crippen molar-refractivity contribution >= 4 is 11.8 Å². The van der Waals surface area contributed by atoms with E-state index in [1.807, 2.05) is 36.4 Å². The summed E-state index contributed by atoms with van der Waals surface area (Å²) in [4.78, 5) is 28.7. The van der Waals surface area contributed by atoms with Crippen molar-refractivity contribution < 1.29 is 9.59 Å². The van der Waals surface area contributed by atoms with Crippen LogP contribution in [-0.4, -0.2) is 35.2 Å². The van der Waals surface area contributed by atoms with E-state index in [2.05, 4.69) is 29.2 Å². The van der Waals surface area contributed by atoms with Crippen molar-refractivity contribution in [1.29, 1.82) is 0 Å². The number of nitrogens with zero attached hydrogens (tertiary/aromatic N) is 2. The molecule has 2 aromatic rings. The van der Waals surface area contributed by atoms with Gasteiger partial charge in [-0.15, -0.1) is 0 Å². The van der Waals surface area contributed by atoms with Crippen LogP contribution in [0.5, 0.6) is 0 Å². The summed E-state index contributed by atoms with van der Waals surface area (Å²) >= 11 is 0. The lowest BCUT2D eigenvalue weighted by atomic mass is 9.89. The van der Waals surface area contributed by atoms with E-state index in [1.165, 1.54) is 10.5 Å². The van der Waals surface area contributed by atoms with Gasteiger partial charge in [0.15, 0.2) is 0 Å². The first-order valence-electron chi connectivity index (χ1n) is 8.31. The highest BCUT2D eigenvalue weighted by Crippen LogP contribution is 2.46. The molecule has 4 nitrogen and oxygen atoms in total. The maximum atomic E-state index is 12.7. The second-order valence-electron chi connectivity index (χ2n) is 6.64. The molecule has 0 radical (unpaired) electrons. The third-order valence-electron chi connectivity index (χ3n) is 5.23. The van der Waals surface area contributed by atoms with Gasteiger partial charge in [0.2, 0.25) is 11.8 Å². The third kappa shape index (κ3) is 2.34. The van der Waals surface area contributed by atoms with Gasteiger partial charge in [-0.2, -0.15) is 0 Å². The van der Waals surface area contributed by atoms with Gasteiger partial charge in [0.05, 0.1) is 11.8 Å². The molecular formula is C20H20N2O2. The van der Waals surface area contributed by atoms with Crippen LogP contribution in [0.15, 0.2) is 60.7 Å². The summed E-state index contributed by atoms with van der Waals surface area (Å²) in [5.74, 6) is -0.582. The number of benzene rings is 2. The number of rotatable bonds is 3. The lowest BCUT2D eigenvalue weighted by molar-refractivity contribution is -0.139. The SMILES string of the molecule is CN1C(=O)C2CN(Cc3ccccc3)C(c3ccccc3)C2C1=O. The summed E-state index contributed by atoms with van der Waals surface area (Å²) in [7, 11) is 1.60. The molecule has 2 saturated heterocycles. The molecule has 0 N–H and O–H groups in total. The van der Waals surface area contributed by atoms with Crippen molar-refractivity contribution in [3.63, 3.8) is 0 Å². The van der Waals surface area contributed by atoms with Crippen LogP contribution in [0.25, 0.3) is 0 Å². The number of likely N-dealkylation sites (tertiary alicyclic amines) is 2. The second-order valence-corrected chi connectivity index (χ2v) is 6.64. The lowest BCUT2D eigenvalue weighted by Gasteiger charge is -2.28. The molecule has 0 aliphatic carbocycles. The Hall–Kier alpha value is -2.46. The zero-order valence-corrected chi connectivity index (χ0v) is 13.6. The first kappa shape index (κ1) is 15.1. The summed E-state index contributed by atoms with van der Waals surface area (Å²) < 4.78 is 0. The van der Waals surface area contributed by atoms with Gasteiger partial charge < -0.3 is 0 Å². The molecule has 0 aromatic heterocycles. The summed E-state index contributed by atoms with van der Waals surface area (Å²) in [6.07, 6.45) is 0. The zero-order chi connectivity index (χ0) is 16.7. The Morgan fingerprint density at radius 3 is 2.21 bits per heavy atom. The Morgan fingerprint density at radius 2 is 1.54 bits per heavy atom. The van der Waals surface area contributed by atoms with Crippen molar-refractivity contribution in [3.8, 4) is 0 Å². The molecule has 24 heavy (non-hydrogen) atoms. The predicted molar refractivity (Wildman–Crippen MR) is 90.8 cm³/mol. The quantitative estimate of drug-likeness (QED) is 0.816. The monoisotopic (exact) mass is 320 g/mol. The Labute approximate surface area is 141 Å². The van der Waals surface area contributed by atoms with Crippen molar-refractivity contribution in [3.05, 3.63) is 71.8 Å². The second kappa shape index (κ2) is 5.87. The summed E-state index contributed by atoms with van der Waals surface area (Å²) in [6, 6.07) is 20.3. The first-order valence-corrected chi connectivity index (χ1v) is 8.31. The van der Waals surface area contributed by atoms with E-state index in [4.69, 9.17) is 0 Å². The van der Waals surface area contributed by atoms with Gasteiger partial charge >= 0.3 is 0 Å². The van der Waals surface area contributed by atoms with E-state index >= 15 is 0 Å². The van der Waals surface area contributed by atoms with Crippen LogP contribution in [0, 0.1) is 11.8 Å². The fourth-order valence-corrected chi connectivity index (χ4v) is 4.10. The molecule has 0 spiro atoms. The van der Waals surface area contributed by atoms with Gasteiger partial charge in [0.25, 0.3) is 0 Å². The van der Waals surface area contributed by atoms with Crippen molar-refractivity contribution in [1.82, 2.24) is 9.80 Å². The maximum absolute atomic E-state index is 12.7. The number of carbonyl (C=O) groups is 2. The van der Waals surface area contributed by atoms with Gasteiger partial charge in [0, 0.05) is 26.2 Å². The van der Waals surface area contributed by atoms with E-state index < -0.39 is 0 Å². The molecule has 2 heterocycles. The molecule has 0 bridgehead atoms. The molecule has 122 valence electrons. The van der Waals surface area contributed by atoms with Crippen LogP contribution in [0.4, 0.5) is 0 Å². The highest BCUT2D eigenvalue weighted by Gasteiger charge is 2.56. The van der Waals surface area contributed by atoms with Crippen molar-refractivity contribution in [2.75, 3.05) is 13.6 Å². The summed E-state index contributed by atoms with van der Waals surface area (Å²) in [6.45, 7) is 1.38. The molecule has 0 saturated carbocycles. The third-order valence-corrected chi connectivity index (χ3v) is 5.23. The standard InChI is InChI=1S/C20H20N2O2/c1-21-19(23)16-13-22(12-14-8-4-2-5-9-14)18(17(16)20(21)24)15-10-6-3-7-11-15/h2-11,16-18H,12-13H2,1H3. The van der Waals surface area contributed by atoms with Crippen LogP contribution in [0.3, 0.4) is 0 Å². The molecule has 2 aliphatic heterocycles. The fraction of sp³-hybridized carbons (Fsp3) is 0.300. The largest absolute Gasteiger partial charge is 0.290 e. The van der Waals surface area contributed by atoms with Gasteiger partial charge in [-0.25, -0.2) is 0 Å². The number of fused-ring (bicyclic) bond motifs is 1. The van der Waals surface area contributed by atoms with Gasteiger partial charge in [-0.1, -0.05) is 60.7 Å². The van der Waals surface area contributed by atoms with Gasteiger partial charge in [0.1, 0.15) is 0 Å². The van der Waals surface area contributed by atoms with Gasteiger partial charge in [-0.05, 0) is 11.1 Å². The average Bonchev–Trinajstić information content (AvgIpc) is 3.08. The first-order chi connectivity index (χ1) is 11.7. The van der Waals surface area contributed by atoms with E-state index in [0.29, 0.717) is 6.54 Å². The molecule has 3 unspecified atom stereocenters. The minimum atomic E-state index is -0.270. The van der Waals surface area contributed by atoms with E-state index in [0.717, 1.165) is 12.1 Å². The van der Waals surface area contributed by atoms with E-state index in [-0.39, 0.29) is 29.7 Å². The Morgan fingerprint density at radius 1 is 0.917 bits per heavy atom. The molecule has 2 aromatic carbocycles. The van der Waals surface area contributed by atoms with Crippen LogP contribution >= 0.6 is 0 Å². The van der Waals surface area contributed by atoms with Gasteiger partial charge in [-0.3, -0.25) is 19.4 Å². The van der Waals surface area contributed by atoms with Crippen molar-refractivity contribution in [2.24, 2.45) is 11.8 Å². The minimum Gasteiger partial charge on any atom is -0.290 e. The fourth-order valence-electron chi connectivity index (χ4n) is 4.10. The highest BCUT2D eigenvalue weighted by molar-refractivity contribution is 6.05. The maximum Gasteiger partial charge on any atom is 0.234 e. The topological polar surface area (TPSA) is 40.6 Å². The van der Waals surface area contributed by atoms with Crippen molar-refractivity contribution in [2.45, 2.75) is 12.6 Å². The Bertz CT molecular complexity index is 760. The zero-order valence-electron chi connectivity index (χ0n) is 13.6. The normalized spacial score (nSPS) is 26.9. The lowest BCUT2D eigenvalue weighted by Crippen LogP contribution is -2.34. The molecule has 3 atom stereocenters. The van der Waals surface area contributed by atoms with E-state index in [9.17, 15) is 9.59 Å². The molecule has 4 rings (SSSR count). The van der Waals surface area contributed by atoms with Crippen LogP contribution in [-0.2, 0) is 16.1 Å². The van der Waals surface area contributed by atoms with Crippen LogP contribution < -0.4 is 0 Å². The van der Waals surface area contributed by atoms with E-state index in [1.54, 1.807) is 7.05 Å². The summed E-state index contributed by atoms with van der Waals surface area (Å²) in [5.41, 5.74) is 2.31. The Balaban J connectivity index is 1.71. The molecular weight excluding hydrogens is 300 g/mol. The number of carbonyl (C=O) groups excluding carboxylic acids is 2. The van der Waals surface area contributed by atoms with Crippen LogP contribution in [0.1, 0.15) is 17.2 Å². The highest BCUT2D eigenvalue weighted by atomic mass is 16.2. The van der Waals surface area contributed by atoms with Crippen LogP contribution in [0.2, 0.25) is 0 Å². The smallest absolute Gasteiger partial charge is 0.234 e. The predicted octanol–water partition coefficient (Wildman–Crippen LogP) is 2.47. The molecule has 2 amide bonds. The number of amides is 2. The number of hydrogen-bond donors (Lipinski definition) is 0. The number of hydrogen-bond acceptors (Lipinski definition) is 3. The summed E-state index contributed by atoms with van der Waals surface area (Å²) in [5, 5.41) is 0. The molecule has 2 fully saturated rings. The molecule has 4 heteroatoms. The number of imide groups is 1. The molecule has 2 aliphatic rings. The average molecular weight is 320 g/mol. The minimum absolute atomic E-state index is 0.0403. The Kier molecular flexibility index (Phi) is 3.69.